The second-order valence-corrected chi connectivity index (χ2v) is 6.00. The molecule has 1 amide bonds. The van der Waals surface area contributed by atoms with Crippen LogP contribution >= 0.6 is 0 Å². The van der Waals surface area contributed by atoms with Crippen LogP contribution in [0.25, 0.3) is 0 Å². The van der Waals surface area contributed by atoms with Gasteiger partial charge in [-0.15, -0.1) is 0 Å². The van der Waals surface area contributed by atoms with Crippen molar-refractivity contribution in [2.24, 2.45) is 0 Å². The number of rotatable bonds is 8. The summed E-state index contributed by atoms with van der Waals surface area (Å²) in [6.07, 6.45) is 7.50. The fourth-order valence-electron chi connectivity index (χ4n) is 2.96. The highest BCUT2D eigenvalue weighted by Crippen LogP contribution is 2.31. The highest BCUT2D eigenvalue weighted by atomic mass is 16.5. The van der Waals surface area contributed by atoms with Crippen LogP contribution in [0, 0.1) is 0 Å². The largest absolute Gasteiger partial charge is 0.475 e. The third-order valence-corrected chi connectivity index (χ3v) is 4.39. The van der Waals surface area contributed by atoms with Crippen LogP contribution in [0.5, 0.6) is 5.88 Å². The molecule has 1 N–H and O–H groups in total. The van der Waals surface area contributed by atoms with Crippen LogP contribution in [0.15, 0.2) is 18.3 Å². The van der Waals surface area contributed by atoms with Crippen LogP contribution in [0.2, 0.25) is 0 Å². The molecule has 6 heteroatoms. The smallest absolute Gasteiger partial charge is 0.256 e. The number of hydrogen-bond acceptors (Lipinski definition) is 5. The first-order valence-electron chi connectivity index (χ1n) is 8.73. The Morgan fingerprint density at radius 1 is 1.21 bits per heavy atom. The Morgan fingerprint density at radius 3 is 2.54 bits per heavy atom. The second-order valence-electron chi connectivity index (χ2n) is 6.00. The average Bonchev–Trinajstić information content (AvgIpc) is 2.87. The van der Waals surface area contributed by atoms with Gasteiger partial charge in [0.25, 0.3) is 5.91 Å². The number of anilines is 1. The Morgan fingerprint density at radius 2 is 1.96 bits per heavy atom. The summed E-state index contributed by atoms with van der Waals surface area (Å²) < 4.78 is 16.3. The molecule has 0 spiro atoms. The lowest BCUT2D eigenvalue weighted by atomic mass is 9.93. The van der Waals surface area contributed by atoms with Gasteiger partial charge in [-0.25, -0.2) is 4.98 Å². The van der Waals surface area contributed by atoms with E-state index in [0.717, 1.165) is 38.5 Å². The van der Waals surface area contributed by atoms with Gasteiger partial charge < -0.3 is 19.5 Å². The van der Waals surface area contributed by atoms with E-state index in [0.29, 0.717) is 31.4 Å². The van der Waals surface area contributed by atoms with Crippen molar-refractivity contribution < 1.29 is 19.0 Å². The molecule has 1 heterocycles. The van der Waals surface area contributed by atoms with E-state index in [1.54, 1.807) is 25.4 Å². The molecule has 0 aromatic carbocycles. The van der Waals surface area contributed by atoms with E-state index < -0.39 is 5.60 Å². The van der Waals surface area contributed by atoms with Crippen LogP contribution in [0.3, 0.4) is 0 Å². The summed E-state index contributed by atoms with van der Waals surface area (Å²) in [4.78, 5) is 16.9. The van der Waals surface area contributed by atoms with Crippen LogP contribution in [-0.2, 0) is 14.3 Å². The zero-order valence-electron chi connectivity index (χ0n) is 14.7. The zero-order chi connectivity index (χ0) is 17.3. The molecular formula is C18H28N2O4. The highest BCUT2D eigenvalue weighted by Gasteiger charge is 2.38. The lowest BCUT2D eigenvalue weighted by molar-refractivity contribution is -0.139. The van der Waals surface area contributed by atoms with E-state index >= 15 is 0 Å². The van der Waals surface area contributed by atoms with E-state index in [9.17, 15) is 4.79 Å². The monoisotopic (exact) mass is 336 g/mol. The van der Waals surface area contributed by atoms with Crippen molar-refractivity contribution >= 4 is 11.6 Å². The molecule has 0 radical (unpaired) electrons. The van der Waals surface area contributed by atoms with Gasteiger partial charge in [0.15, 0.2) is 0 Å². The SMILES string of the molecule is CCOCCOc1ccc(NC(=O)C2(OC)CCCCCC2)cn1. The Balaban J connectivity index is 1.90. The van der Waals surface area contributed by atoms with Gasteiger partial charge in [-0.05, 0) is 25.8 Å². The molecule has 1 saturated carbocycles. The van der Waals surface area contributed by atoms with Gasteiger partial charge in [-0.2, -0.15) is 0 Å². The Hall–Kier alpha value is -1.66. The molecule has 0 aliphatic heterocycles. The number of ether oxygens (including phenoxy) is 3. The number of hydrogen-bond donors (Lipinski definition) is 1. The number of methoxy groups -OCH3 is 1. The number of nitrogens with one attached hydrogen (secondary N) is 1. The van der Waals surface area contributed by atoms with Crippen LogP contribution in [0.4, 0.5) is 5.69 Å². The van der Waals surface area contributed by atoms with Crippen molar-refractivity contribution in [1.82, 2.24) is 4.98 Å². The number of pyridine rings is 1. The van der Waals surface area contributed by atoms with Crippen molar-refractivity contribution in [3.05, 3.63) is 18.3 Å². The molecule has 24 heavy (non-hydrogen) atoms. The maximum Gasteiger partial charge on any atom is 0.256 e. The fourth-order valence-corrected chi connectivity index (χ4v) is 2.96. The number of aromatic nitrogens is 1. The van der Waals surface area contributed by atoms with Crippen LogP contribution < -0.4 is 10.1 Å². The molecule has 1 aliphatic carbocycles. The predicted octanol–water partition coefficient (Wildman–Crippen LogP) is 3.17. The average molecular weight is 336 g/mol. The third-order valence-electron chi connectivity index (χ3n) is 4.39. The number of amides is 1. The van der Waals surface area contributed by atoms with E-state index in [2.05, 4.69) is 10.3 Å². The normalized spacial score (nSPS) is 17.1. The van der Waals surface area contributed by atoms with Crippen molar-refractivity contribution in [3.8, 4) is 5.88 Å². The first-order valence-corrected chi connectivity index (χ1v) is 8.73. The van der Waals surface area contributed by atoms with Gasteiger partial charge in [0.05, 0.1) is 18.5 Å². The summed E-state index contributed by atoms with van der Waals surface area (Å²) in [6.45, 7) is 3.60. The Kier molecular flexibility index (Phi) is 7.46. The quantitative estimate of drug-likeness (QED) is 0.583. The highest BCUT2D eigenvalue weighted by molar-refractivity contribution is 5.97. The van der Waals surface area contributed by atoms with Gasteiger partial charge in [-0.3, -0.25) is 4.79 Å². The Labute approximate surface area is 143 Å². The van der Waals surface area contributed by atoms with Gasteiger partial charge in [0, 0.05) is 19.8 Å². The number of nitrogens with zero attached hydrogens (tertiary/aromatic N) is 1. The molecule has 1 fully saturated rings. The van der Waals surface area contributed by atoms with Gasteiger partial charge in [0.1, 0.15) is 12.2 Å². The summed E-state index contributed by atoms with van der Waals surface area (Å²) in [6, 6.07) is 3.54. The number of carbonyl (C=O) groups excluding carboxylic acids is 1. The Bertz CT molecular complexity index is 496. The second kappa shape index (κ2) is 9.59. The minimum Gasteiger partial charge on any atom is -0.475 e. The molecule has 0 saturated heterocycles. The molecule has 0 unspecified atom stereocenters. The van der Waals surface area contributed by atoms with Gasteiger partial charge >= 0.3 is 0 Å². The van der Waals surface area contributed by atoms with Gasteiger partial charge in [-0.1, -0.05) is 25.7 Å². The van der Waals surface area contributed by atoms with E-state index in [-0.39, 0.29) is 5.91 Å². The van der Waals surface area contributed by atoms with Crippen molar-refractivity contribution in [3.63, 3.8) is 0 Å². The molecule has 2 rings (SSSR count). The standard InChI is InChI=1S/C18H28N2O4/c1-3-23-12-13-24-16-9-8-15(14-19-16)20-17(21)18(22-2)10-6-4-5-7-11-18/h8-9,14H,3-7,10-13H2,1-2H3,(H,20,21). The molecule has 1 aromatic heterocycles. The minimum atomic E-state index is -0.719. The van der Waals surface area contributed by atoms with Crippen molar-refractivity contribution in [2.75, 3.05) is 32.2 Å². The van der Waals surface area contributed by atoms with Crippen molar-refractivity contribution in [1.29, 1.82) is 0 Å². The van der Waals surface area contributed by atoms with E-state index in [1.807, 2.05) is 6.92 Å². The number of carbonyl (C=O) groups is 1. The molecule has 1 aliphatic rings. The third kappa shape index (κ3) is 5.18. The maximum absolute atomic E-state index is 12.7. The van der Waals surface area contributed by atoms with Crippen molar-refractivity contribution in [2.45, 2.75) is 51.0 Å². The minimum absolute atomic E-state index is 0.0845. The molecule has 6 nitrogen and oxygen atoms in total. The lowest BCUT2D eigenvalue weighted by Gasteiger charge is -2.29. The molecule has 134 valence electrons. The topological polar surface area (TPSA) is 69.7 Å². The summed E-state index contributed by atoms with van der Waals surface area (Å²) in [5.41, 5.74) is -0.0683. The van der Waals surface area contributed by atoms with E-state index in [1.165, 1.54) is 0 Å². The molecule has 0 atom stereocenters. The predicted molar refractivity (Wildman–Crippen MR) is 92.3 cm³/mol. The van der Waals surface area contributed by atoms with Crippen LogP contribution in [-0.4, -0.2) is 43.4 Å². The molecule has 0 bridgehead atoms. The molecule has 1 aromatic rings. The lowest BCUT2D eigenvalue weighted by Crippen LogP contribution is -2.44. The maximum atomic E-state index is 12.7. The summed E-state index contributed by atoms with van der Waals surface area (Å²) in [5.74, 6) is 0.433. The first kappa shape index (κ1) is 18.7. The fraction of sp³-hybridized carbons (Fsp3) is 0.667. The van der Waals surface area contributed by atoms with Crippen LogP contribution in [0.1, 0.15) is 45.4 Å². The van der Waals surface area contributed by atoms with E-state index in [4.69, 9.17) is 14.2 Å². The summed E-state index contributed by atoms with van der Waals surface area (Å²) >= 11 is 0. The first-order chi connectivity index (χ1) is 11.7. The summed E-state index contributed by atoms with van der Waals surface area (Å²) in [7, 11) is 1.62. The molecular weight excluding hydrogens is 308 g/mol. The summed E-state index contributed by atoms with van der Waals surface area (Å²) in [5, 5.41) is 2.93. The van der Waals surface area contributed by atoms with Gasteiger partial charge in [0.2, 0.25) is 5.88 Å². The zero-order valence-corrected chi connectivity index (χ0v) is 14.7.